The van der Waals surface area contributed by atoms with Crippen molar-refractivity contribution in [3.8, 4) is 0 Å². The molecule has 0 spiro atoms. The number of hydrogen-bond acceptors (Lipinski definition) is 4. The Balaban J connectivity index is 3.56. The Hall–Kier alpha value is -0.650. The molecule has 0 aliphatic rings. The van der Waals surface area contributed by atoms with Crippen LogP contribution in [-0.4, -0.2) is 34.9 Å². The van der Waals surface area contributed by atoms with Gasteiger partial charge in [0.25, 0.3) is 0 Å². The highest BCUT2D eigenvalue weighted by Crippen LogP contribution is 2.05. The van der Waals surface area contributed by atoms with Crippen LogP contribution in [0.2, 0.25) is 0 Å². The maximum absolute atomic E-state index is 10.2. The Labute approximate surface area is 77.7 Å². The monoisotopic (exact) mass is 190 g/mol. The van der Waals surface area contributed by atoms with Crippen LogP contribution >= 0.6 is 0 Å². The summed E-state index contributed by atoms with van der Waals surface area (Å²) in [5, 5.41) is 17.6. The van der Waals surface area contributed by atoms with Gasteiger partial charge in [0.2, 0.25) is 0 Å². The van der Waals surface area contributed by atoms with Crippen LogP contribution in [0, 0.1) is 0 Å². The molecule has 0 aliphatic carbocycles. The van der Waals surface area contributed by atoms with Crippen molar-refractivity contribution in [2.75, 3.05) is 6.54 Å². The van der Waals surface area contributed by atoms with Gasteiger partial charge in [0.1, 0.15) is 0 Å². The van der Waals surface area contributed by atoms with Crippen molar-refractivity contribution >= 4 is 5.97 Å². The fraction of sp³-hybridized carbons (Fsp3) is 0.875. The minimum Gasteiger partial charge on any atom is -0.481 e. The number of unbranched alkanes of at least 4 members (excludes halogenated alkanes) is 1. The molecule has 6 N–H and O–H groups in total. The molecule has 2 unspecified atom stereocenters. The number of nitrogens with two attached hydrogens (primary N) is 2. The van der Waals surface area contributed by atoms with Crippen molar-refractivity contribution in [3.05, 3.63) is 0 Å². The van der Waals surface area contributed by atoms with Crippen LogP contribution < -0.4 is 11.5 Å². The molecule has 0 heterocycles. The van der Waals surface area contributed by atoms with Gasteiger partial charge in [-0.15, -0.1) is 0 Å². The van der Waals surface area contributed by atoms with Crippen molar-refractivity contribution in [2.45, 2.75) is 37.8 Å². The molecule has 0 saturated heterocycles. The number of hydrogen-bond donors (Lipinski definition) is 4. The van der Waals surface area contributed by atoms with Gasteiger partial charge in [-0.25, -0.2) is 0 Å². The number of carbonyl (C=O) groups is 1. The second-order valence-corrected chi connectivity index (χ2v) is 3.11. The van der Waals surface area contributed by atoms with E-state index in [1.165, 1.54) is 0 Å². The van der Waals surface area contributed by atoms with Crippen LogP contribution in [0.5, 0.6) is 0 Å². The number of carboxylic acid groups (broad SMARTS) is 1. The Morgan fingerprint density at radius 1 is 1.38 bits per heavy atom. The molecule has 0 rings (SSSR count). The Morgan fingerprint density at radius 2 is 2.00 bits per heavy atom. The third-order valence-corrected chi connectivity index (χ3v) is 1.87. The summed E-state index contributed by atoms with van der Waals surface area (Å²) in [6.45, 7) is 0.599. The minimum absolute atomic E-state index is 0.288. The molecule has 5 heteroatoms. The fourth-order valence-corrected chi connectivity index (χ4v) is 1.05. The zero-order chi connectivity index (χ0) is 10.3. The molecular weight excluding hydrogens is 172 g/mol. The normalized spacial score (nSPS) is 15.3. The fourth-order valence-electron chi connectivity index (χ4n) is 1.05. The van der Waals surface area contributed by atoms with Gasteiger partial charge in [-0.3, -0.25) is 4.79 Å². The van der Waals surface area contributed by atoms with E-state index in [2.05, 4.69) is 0 Å². The minimum atomic E-state index is -1.03. The highest BCUT2D eigenvalue weighted by Gasteiger charge is 2.17. The lowest BCUT2D eigenvalue weighted by atomic mass is 10.0. The summed E-state index contributed by atoms with van der Waals surface area (Å²) in [7, 11) is 0. The summed E-state index contributed by atoms with van der Waals surface area (Å²) < 4.78 is 0. The Bertz CT molecular complexity index is 152. The summed E-state index contributed by atoms with van der Waals surface area (Å²) in [5.41, 5.74) is 10.8. The zero-order valence-corrected chi connectivity index (χ0v) is 7.65. The van der Waals surface area contributed by atoms with Crippen LogP contribution in [-0.2, 0) is 4.79 Å². The first kappa shape index (κ1) is 12.3. The largest absolute Gasteiger partial charge is 0.481 e. The second kappa shape index (κ2) is 6.82. The number of aliphatic hydroxyl groups excluding tert-OH is 1. The van der Waals surface area contributed by atoms with Gasteiger partial charge in [0.15, 0.2) is 0 Å². The summed E-state index contributed by atoms with van der Waals surface area (Å²) in [6, 6.07) is -0.456. The summed E-state index contributed by atoms with van der Waals surface area (Å²) in [4.78, 5) is 10.2. The number of aliphatic carboxylic acids is 1. The molecule has 0 saturated carbocycles. The van der Waals surface area contributed by atoms with Crippen LogP contribution in [0.4, 0.5) is 0 Å². The van der Waals surface area contributed by atoms with Gasteiger partial charge < -0.3 is 21.7 Å². The predicted molar refractivity (Wildman–Crippen MR) is 49.1 cm³/mol. The topological polar surface area (TPSA) is 110 Å². The van der Waals surface area contributed by atoms with Gasteiger partial charge in [-0.1, -0.05) is 6.42 Å². The third-order valence-electron chi connectivity index (χ3n) is 1.87. The first-order valence-electron chi connectivity index (χ1n) is 4.43. The van der Waals surface area contributed by atoms with Crippen molar-refractivity contribution in [2.24, 2.45) is 11.5 Å². The highest BCUT2D eigenvalue weighted by molar-refractivity contribution is 5.67. The lowest BCUT2D eigenvalue weighted by Gasteiger charge is -2.16. The summed E-state index contributed by atoms with van der Waals surface area (Å²) in [6.07, 6.45) is 1.06. The van der Waals surface area contributed by atoms with Gasteiger partial charge in [-0.2, -0.15) is 0 Å². The third kappa shape index (κ3) is 6.51. The molecule has 13 heavy (non-hydrogen) atoms. The van der Waals surface area contributed by atoms with E-state index in [1.54, 1.807) is 0 Å². The van der Waals surface area contributed by atoms with Crippen molar-refractivity contribution in [3.63, 3.8) is 0 Å². The molecular formula is C8H18N2O3. The number of aliphatic hydroxyl groups is 1. The van der Waals surface area contributed by atoms with Crippen LogP contribution in [0.25, 0.3) is 0 Å². The van der Waals surface area contributed by atoms with E-state index in [0.29, 0.717) is 13.0 Å². The standard InChI is InChI=1S/C8H18N2O3/c9-4-2-1-3-6(10)7(11)5-8(12)13/h6-7,11H,1-5,9-10H2,(H,12,13). The van der Waals surface area contributed by atoms with E-state index in [9.17, 15) is 9.90 Å². The van der Waals surface area contributed by atoms with Gasteiger partial charge in [0, 0.05) is 6.04 Å². The molecule has 0 aromatic carbocycles. The van der Waals surface area contributed by atoms with Gasteiger partial charge in [0.05, 0.1) is 12.5 Å². The van der Waals surface area contributed by atoms with Gasteiger partial charge >= 0.3 is 5.97 Å². The van der Waals surface area contributed by atoms with E-state index < -0.39 is 18.1 Å². The van der Waals surface area contributed by atoms with E-state index in [1.807, 2.05) is 0 Å². The molecule has 0 aromatic rings. The zero-order valence-electron chi connectivity index (χ0n) is 7.65. The first-order valence-corrected chi connectivity index (χ1v) is 4.43. The lowest BCUT2D eigenvalue weighted by molar-refractivity contribution is -0.139. The van der Waals surface area contributed by atoms with Crippen molar-refractivity contribution in [1.82, 2.24) is 0 Å². The molecule has 0 radical (unpaired) electrons. The van der Waals surface area contributed by atoms with Crippen molar-refractivity contribution < 1.29 is 15.0 Å². The molecule has 2 atom stereocenters. The molecule has 5 nitrogen and oxygen atoms in total. The quantitative estimate of drug-likeness (QED) is 0.396. The SMILES string of the molecule is NCCCCC(N)C(O)CC(=O)O. The van der Waals surface area contributed by atoms with Crippen LogP contribution in [0.1, 0.15) is 25.7 Å². The van der Waals surface area contributed by atoms with Crippen LogP contribution in [0.3, 0.4) is 0 Å². The van der Waals surface area contributed by atoms with E-state index >= 15 is 0 Å². The van der Waals surface area contributed by atoms with Crippen LogP contribution in [0.15, 0.2) is 0 Å². The van der Waals surface area contributed by atoms with E-state index in [4.69, 9.17) is 16.6 Å². The molecule has 0 fully saturated rings. The number of rotatable bonds is 7. The molecule has 78 valence electrons. The Kier molecular flexibility index (Phi) is 6.48. The second-order valence-electron chi connectivity index (χ2n) is 3.11. The van der Waals surface area contributed by atoms with E-state index in [-0.39, 0.29) is 6.42 Å². The maximum atomic E-state index is 10.2. The predicted octanol–water partition coefficient (Wildman–Crippen LogP) is -0.722. The molecule has 0 bridgehead atoms. The Morgan fingerprint density at radius 3 is 2.46 bits per heavy atom. The molecule has 0 aliphatic heterocycles. The average Bonchev–Trinajstić information content (AvgIpc) is 2.03. The maximum Gasteiger partial charge on any atom is 0.306 e. The smallest absolute Gasteiger partial charge is 0.306 e. The van der Waals surface area contributed by atoms with E-state index in [0.717, 1.165) is 12.8 Å². The average molecular weight is 190 g/mol. The first-order chi connectivity index (χ1) is 6.07. The summed E-state index contributed by atoms with van der Waals surface area (Å²) in [5.74, 6) is -1.03. The molecule has 0 aromatic heterocycles. The van der Waals surface area contributed by atoms with Crippen molar-refractivity contribution in [1.29, 1.82) is 0 Å². The highest BCUT2D eigenvalue weighted by atomic mass is 16.4. The lowest BCUT2D eigenvalue weighted by Crippen LogP contribution is -2.36. The molecule has 0 amide bonds. The number of carboxylic acids is 1. The van der Waals surface area contributed by atoms with Gasteiger partial charge in [-0.05, 0) is 19.4 Å². The summed E-state index contributed by atoms with van der Waals surface area (Å²) >= 11 is 0.